The van der Waals surface area contributed by atoms with Crippen molar-refractivity contribution in [3.05, 3.63) is 0 Å². The Morgan fingerprint density at radius 1 is 1.19 bits per heavy atom. The maximum Gasteiger partial charge on any atom is 0.0697 e. The van der Waals surface area contributed by atoms with E-state index in [9.17, 15) is 5.11 Å². The lowest BCUT2D eigenvalue weighted by Crippen LogP contribution is -2.47. The molecule has 2 atom stereocenters. The Balaban J connectivity index is 1.63. The SMILES string of the molecule is OC1CCN(C2CCOC3(CCCC3)C2)C1. The van der Waals surface area contributed by atoms with Gasteiger partial charge in [0.1, 0.15) is 0 Å². The molecule has 3 aliphatic rings. The summed E-state index contributed by atoms with van der Waals surface area (Å²) in [6.07, 6.45) is 8.46. The van der Waals surface area contributed by atoms with Gasteiger partial charge in [-0.2, -0.15) is 0 Å². The van der Waals surface area contributed by atoms with Crippen molar-refractivity contribution in [1.29, 1.82) is 0 Å². The van der Waals surface area contributed by atoms with E-state index in [0.29, 0.717) is 6.04 Å². The summed E-state index contributed by atoms with van der Waals surface area (Å²) >= 11 is 0. The van der Waals surface area contributed by atoms with E-state index >= 15 is 0 Å². The van der Waals surface area contributed by atoms with Crippen molar-refractivity contribution in [2.75, 3.05) is 19.7 Å². The zero-order valence-electron chi connectivity index (χ0n) is 10.0. The number of hydrogen-bond acceptors (Lipinski definition) is 3. The average Bonchev–Trinajstić information content (AvgIpc) is 2.89. The number of hydrogen-bond donors (Lipinski definition) is 1. The van der Waals surface area contributed by atoms with Crippen LogP contribution in [-0.2, 0) is 4.74 Å². The van der Waals surface area contributed by atoms with Crippen molar-refractivity contribution >= 4 is 0 Å². The smallest absolute Gasteiger partial charge is 0.0697 e. The van der Waals surface area contributed by atoms with Gasteiger partial charge in [-0.05, 0) is 32.1 Å². The second-order valence-corrected chi connectivity index (χ2v) is 5.82. The molecule has 3 nitrogen and oxygen atoms in total. The first kappa shape index (κ1) is 11.0. The van der Waals surface area contributed by atoms with Crippen molar-refractivity contribution in [3.63, 3.8) is 0 Å². The van der Waals surface area contributed by atoms with Gasteiger partial charge in [0, 0.05) is 25.7 Å². The van der Waals surface area contributed by atoms with Crippen molar-refractivity contribution in [1.82, 2.24) is 4.90 Å². The highest BCUT2D eigenvalue weighted by Gasteiger charge is 2.42. The van der Waals surface area contributed by atoms with E-state index in [2.05, 4.69) is 4.90 Å². The Morgan fingerprint density at radius 2 is 2.00 bits per heavy atom. The molecule has 1 spiro atoms. The zero-order valence-corrected chi connectivity index (χ0v) is 10.0. The lowest BCUT2D eigenvalue weighted by Gasteiger charge is -2.41. The molecular formula is C13H23NO2. The summed E-state index contributed by atoms with van der Waals surface area (Å²) in [5, 5.41) is 9.61. The van der Waals surface area contributed by atoms with Crippen LogP contribution in [0.2, 0.25) is 0 Å². The predicted octanol–water partition coefficient (Wildman–Crippen LogP) is 1.54. The number of nitrogens with zero attached hydrogens (tertiary/aromatic N) is 1. The molecule has 1 aliphatic carbocycles. The summed E-state index contributed by atoms with van der Waals surface area (Å²) < 4.78 is 6.05. The van der Waals surface area contributed by atoms with Crippen LogP contribution in [0, 0.1) is 0 Å². The van der Waals surface area contributed by atoms with Gasteiger partial charge in [-0.25, -0.2) is 0 Å². The number of ether oxygens (including phenoxy) is 1. The van der Waals surface area contributed by atoms with Gasteiger partial charge in [0.15, 0.2) is 0 Å². The van der Waals surface area contributed by atoms with E-state index in [-0.39, 0.29) is 11.7 Å². The van der Waals surface area contributed by atoms with Gasteiger partial charge >= 0.3 is 0 Å². The monoisotopic (exact) mass is 225 g/mol. The number of rotatable bonds is 1. The van der Waals surface area contributed by atoms with Crippen molar-refractivity contribution < 1.29 is 9.84 Å². The highest BCUT2D eigenvalue weighted by molar-refractivity contribution is 4.95. The molecule has 0 bridgehead atoms. The lowest BCUT2D eigenvalue weighted by atomic mass is 9.88. The van der Waals surface area contributed by atoms with Crippen LogP contribution in [0.25, 0.3) is 0 Å². The van der Waals surface area contributed by atoms with Gasteiger partial charge < -0.3 is 9.84 Å². The zero-order chi connectivity index (χ0) is 11.0. The van der Waals surface area contributed by atoms with Crippen LogP contribution in [0.4, 0.5) is 0 Å². The van der Waals surface area contributed by atoms with Crippen LogP contribution in [0.15, 0.2) is 0 Å². The molecule has 3 heteroatoms. The topological polar surface area (TPSA) is 32.7 Å². The van der Waals surface area contributed by atoms with Crippen LogP contribution >= 0.6 is 0 Å². The minimum atomic E-state index is -0.0811. The van der Waals surface area contributed by atoms with Crippen molar-refractivity contribution in [3.8, 4) is 0 Å². The van der Waals surface area contributed by atoms with Gasteiger partial charge in [-0.15, -0.1) is 0 Å². The van der Waals surface area contributed by atoms with Crippen LogP contribution < -0.4 is 0 Å². The quantitative estimate of drug-likeness (QED) is 0.735. The fraction of sp³-hybridized carbons (Fsp3) is 1.00. The molecule has 2 unspecified atom stereocenters. The Hall–Kier alpha value is -0.120. The third kappa shape index (κ3) is 2.01. The molecule has 92 valence electrons. The van der Waals surface area contributed by atoms with Crippen LogP contribution in [0.1, 0.15) is 44.9 Å². The third-order valence-corrected chi connectivity index (χ3v) is 4.69. The fourth-order valence-electron chi connectivity index (χ4n) is 3.78. The van der Waals surface area contributed by atoms with Crippen LogP contribution in [0.5, 0.6) is 0 Å². The summed E-state index contributed by atoms with van der Waals surface area (Å²) in [5.74, 6) is 0. The second-order valence-electron chi connectivity index (χ2n) is 5.82. The van der Waals surface area contributed by atoms with Crippen LogP contribution in [0.3, 0.4) is 0 Å². The van der Waals surface area contributed by atoms with Crippen molar-refractivity contribution in [2.45, 2.75) is 62.7 Å². The minimum absolute atomic E-state index is 0.0811. The predicted molar refractivity (Wildman–Crippen MR) is 62.4 cm³/mol. The molecule has 0 amide bonds. The molecule has 2 saturated heterocycles. The molecule has 2 heterocycles. The Kier molecular flexibility index (Phi) is 2.94. The Bertz CT molecular complexity index is 250. The highest BCUT2D eigenvalue weighted by atomic mass is 16.5. The summed E-state index contributed by atoms with van der Waals surface area (Å²) in [6.45, 7) is 2.90. The molecule has 1 N–H and O–H groups in total. The standard InChI is InChI=1S/C13H23NO2/c15-12-3-7-14(10-12)11-4-8-16-13(9-11)5-1-2-6-13/h11-12,15H,1-10H2. The lowest BCUT2D eigenvalue weighted by molar-refractivity contribution is -0.0999. The fourth-order valence-corrected chi connectivity index (χ4v) is 3.78. The van der Waals surface area contributed by atoms with E-state index in [1.165, 1.54) is 32.1 Å². The molecule has 0 aromatic rings. The van der Waals surface area contributed by atoms with E-state index in [1.54, 1.807) is 0 Å². The molecule has 2 aliphatic heterocycles. The summed E-state index contributed by atoms with van der Waals surface area (Å²) in [6, 6.07) is 0.670. The van der Waals surface area contributed by atoms with Gasteiger partial charge in [0.2, 0.25) is 0 Å². The van der Waals surface area contributed by atoms with E-state index in [0.717, 1.165) is 32.5 Å². The first-order valence-corrected chi connectivity index (χ1v) is 6.84. The summed E-state index contributed by atoms with van der Waals surface area (Å²) in [5.41, 5.74) is 0.219. The molecule has 3 rings (SSSR count). The molecule has 3 fully saturated rings. The number of β-amino-alcohol motifs (C(OH)–C–C–N with tert-alkyl or cyclic N) is 1. The van der Waals surface area contributed by atoms with Gasteiger partial charge in [0.25, 0.3) is 0 Å². The number of aliphatic hydroxyl groups excluding tert-OH is 1. The van der Waals surface area contributed by atoms with Crippen molar-refractivity contribution in [2.24, 2.45) is 0 Å². The third-order valence-electron chi connectivity index (χ3n) is 4.69. The number of likely N-dealkylation sites (tertiary alicyclic amines) is 1. The van der Waals surface area contributed by atoms with Gasteiger partial charge in [-0.3, -0.25) is 4.90 Å². The Labute approximate surface area is 97.8 Å². The van der Waals surface area contributed by atoms with Gasteiger partial charge in [0.05, 0.1) is 11.7 Å². The normalized spacial score (nSPS) is 39.6. The molecular weight excluding hydrogens is 202 g/mol. The maximum absolute atomic E-state index is 9.61. The van der Waals surface area contributed by atoms with Crippen LogP contribution in [-0.4, -0.2) is 47.4 Å². The molecule has 0 radical (unpaired) electrons. The van der Waals surface area contributed by atoms with E-state index in [1.807, 2.05) is 0 Å². The molecule has 0 aromatic carbocycles. The molecule has 1 saturated carbocycles. The molecule has 0 aromatic heterocycles. The summed E-state index contributed by atoms with van der Waals surface area (Å²) in [4.78, 5) is 2.49. The second kappa shape index (κ2) is 4.28. The average molecular weight is 225 g/mol. The van der Waals surface area contributed by atoms with E-state index in [4.69, 9.17) is 4.74 Å². The van der Waals surface area contributed by atoms with E-state index < -0.39 is 0 Å². The first-order chi connectivity index (χ1) is 7.77. The largest absolute Gasteiger partial charge is 0.392 e. The Morgan fingerprint density at radius 3 is 2.69 bits per heavy atom. The van der Waals surface area contributed by atoms with Gasteiger partial charge in [-0.1, -0.05) is 12.8 Å². The maximum atomic E-state index is 9.61. The summed E-state index contributed by atoms with van der Waals surface area (Å²) in [7, 11) is 0. The highest BCUT2D eigenvalue weighted by Crippen LogP contribution is 2.41. The minimum Gasteiger partial charge on any atom is -0.392 e. The molecule has 16 heavy (non-hydrogen) atoms. The number of aliphatic hydroxyl groups is 1. The first-order valence-electron chi connectivity index (χ1n) is 6.84.